The topological polar surface area (TPSA) is 47.7 Å². The van der Waals surface area contributed by atoms with E-state index < -0.39 is 0 Å². The molecule has 4 nitrogen and oxygen atoms in total. The van der Waals surface area contributed by atoms with Crippen LogP contribution in [-0.2, 0) is 9.47 Å². The van der Waals surface area contributed by atoms with Gasteiger partial charge >= 0.3 is 0 Å². The largest absolute Gasteiger partial charge is 0.383 e. The molecule has 18 heavy (non-hydrogen) atoms. The fraction of sp³-hybridized carbons (Fsp3) is 1.00. The second-order valence-corrected chi connectivity index (χ2v) is 5.95. The van der Waals surface area contributed by atoms with Crippen molar-refractivity contribution < 1.29 is 9.47 Å². The van der Waals surface area contributed by atoms with Gasteiger partial charge < -0.3 is 15.2 Å². The first-order valence-corrected chi connectivity index (χ1v) is 7.00. The van der Waals surface area contributed by atoms with Crippen LogP contribution < -0.4 is 5.73 Å². The van der Waals surface area contributed by atoms with Crippen LogP contribution in [0.1, 0.15) is 33.6 Å². The normalized spacial score (nSPS) is 31.0. The van der Waals surface area contributed by atoms with Gasteiger partial charge in [0.15, 0.2) is 0 Å². The van der Waals surface area contributed by atoms with Crippen LogP contribution in [0.15, 0.2) is 0 Å². The Hall–Kier alpha value is -0.160. The van der Waals surface area contributed by atoms with Crippen LogP contribution in [-0.4, -0.2) is 56.5 Å². The Labute approximate surface area is 112 Å². The number of likely N-dealkylation sites (N-methyl/N-ethyl adjacent to an activating group) is 1. The summed E-state index contributed by atoms with van der Waals surface area (Å²) in [4.78, 5) is 2.40. The lowest BCUT2D eigenvalue weighted by atomic mass is 9.81. The van der Waals surface area contributed by atoms with Crippen molar-refractivity contribution in [3.05, 3.63) is 0 Å². The summed E-state index contributed by atoms with van der Waals surface area (Å²) in [5.74, 6) is 0.544. The molecule has 0 aromatic carbocycles. The van der Waals surface area contributed by atoms with Gasteiger partial charge in [0.2, 0.25) is 0 Å². The van der Waals surface area contributed by atoms with E-state index in [0.29, 0.717) is 24.6 Å². The standard InChI is InChI=1S/C14H30N2O2/c1-11(2)13-8-14(10-15,6-7-18-13)16(4)12(3)9-17-5/h11-13H,6-10,15H2,1-5H3. The molecule has 0 aromatic heterocycles. The van der Waals surface area contributed by atoms with Crippen molar-refractivity contribution in [3.8, 4) is 0 Å². The maximum Gasteiger partial charge on any atom is 0.0616 e. The van der Waals surface area contributed by atoms with Gasteiger partial charge in [-0.1, -0.05) is 13.8 Å². The highest BCUT2D eigenvalue weighted by Crippen LogP contribution is 2.33. The van der Waals surface area contributed by atoms with Gasteiger partial charge in [-0.05, 0) is 32.7 Å². The van der Waals surface area contributed by atoms with Crippen molar-refractivity contribution in [1.29, 1.82) is 0 Å². The van der Waals surface area contributed by atoms with Gasteiger partial charge in [-0.15, -0.1) is 0 Å². The summed E-state index contributed by atoms with van der Waals surface area (Å²) >= 11 is 0. The van der Waals surface area contributed by atoms with Crippen LogP contribution in [0.5, 0.6) is 0 Å². The van der Waals surface area contributed by atoms with E-state index in [1.165, 1.54) is 0 Å². The number of hydrogen-bond donors (Lipinski definition) is 1. The minimum atomic E-state index is 0.0606. The van der Waals surface area contributed by atoms with E-state index >= 15 is 0 Å². The van der Waals surface area contributed by atoms with Crippen molar-refractivity contribution in [3.63, 3.8) is 0 Å². The Morgan fingerprint density at radius 1 is 1.44 bits per heavy atom. The molecule has 3 atom stereocenters. The van der Waals surface area contributed by atoms with Gasteiger partial charge in [0, 0.05) is 31.8 Å². The van der Waals surface area contributed by atoms with Gasteiger partial charge in [-0.2, -0.15) is 0 Å². The third-order valence-corrected chi connectivity index (χ3v) is 4.42. The highest BCUT2D eigenvalue weighted by Gasteiger charge is 2.41. The minimum absolute atomic E-state index is 0.0606. The summed E-state index contributed by atoms with van der Waals surface area (Å²) in [5, 5.41) is 0. The summed E-state index contributed by atoms with van der Waals surface area (Å²) in [6.07, 6.45) is 2.35. The second-order valence-electron chi connectivity index (χ2n) is 5.95. The molecule has 0 aromatic rings. The van der Waals surface area contributed by atoms with Crippen LogP contribution >= 0.6 is 0 Å². The van der Waals surface area contributed by atoms with Gasteiger partial charge in [0.25, 0.3) is 0 Å². The lowest BCUT2D eigenvalue weighted by Gasteiger charge is -2.49. The van der Waals surface area contributed by atoms with Crippen molar-refractivity contribution in [2.75, 3.05) is 33.9 Å². The molecule has 4 heteroatoms. The minimum Gasteiger partial charge on any atom is -0.383 e. The van der Waals surface area contributed by atoms with Crippen molar-refractivity contribution in [1.82, 2.24) is 4.90 Å². The smallest absolute Gasteiger partial charge is 0.0616 e. The van der Waals surface area contributed by atoms with Gasteiger partial charge in [-0.25, -0.2) is 0 Å². The van der Waals surface area contributed by atoms with Crippen LogP contribution in [0.25, 0.3) is 0 Å². The average Bonchev–Trinajstić information content (AvgIpc) is 2.38. The molecule has 2 N–H and O–H groups in total. The third-order valence-electron chi connectivity index (χ3n) is 4.42. The van der Waals surface area contributed by atoms with Gasteiger partial charge in [0.05, 0.1) is 12.7 Å². The number of ether oxygens (including phenoxy) is 2. The average molecular weight is 258 g/mol. The number of nitrogens with two attached hydrogens (primary N) is 1. The van der Waals surface area contributed by atoms with Crippen molar-refractivity contribution >= 4 is 0 Å². The highest BCUT2D eigenvalue weighted by atomic mass is 16.5. The first-order valence-electron chi connectivity index (χ1n) is 7.00. The zero-order chi connectivity index (χ0) is 13.8. The number of methoxy groups -OCH3 is 1. The Morgan fingerprint density at radius 2 is 2.11 bits per heavy atom. The van der Waals surface area contributed by atoms with E-state index in [9.17, 15) is 0 Å². The Bertz CT molecular complexity index is 248. The summed E-state index contributed by atoms with van der Waals surface area (Å²) in [5.41, 5.74) is 6.16. The van der Waals surface area contributed by atoms with E-state index in [2.05, 4.69) is 32.7 Å². The Balaban J connectivity index is 2.77. The predicted octanol–water partition coefficient (Wildman–Crippen LogP) is 1.49. The van der Waals surface area contributed by atoms with Crippen LogP contribution in [0.2, 0.25) is 0 Å². The molecule has 1 heterocycles. The Kier molecular flexibility index (Phi) is 6.05. The summed E-state index contributed by atoms with van der Waals surface area (Å²) in [6, 6.07) is 0.379. The first kappa shape index (κ1) is 15.9. The van der Waals surface area contributed by atoms with Crippen LogP contribution in [0, 0.1) is 5.92 Å². The fourth-order valence-electron chi connectivity index (χ4n) is 2.83. The third kappa shape index (κ3) is 3.44. The lowest BCUT2D eigenvalue weighted by molar-refractivity contribution is -0.0944. The summed E-state index contributed by atoms with van der Waals surface area (Å²) in [7, 11) is 3.92. The maximum absolute atomic E-state index is 6.10. The van der Waals surface area contributed by atoms with E-state index in [-0.39, 0.29) is 5.54 Å². The summed E-state index contributed by atoms with van der Waals surface area (Å²) in [6.45, 7) is 8.87. The maximum atomic E-state index is 6.10. The summed E-state index contributed by atoms with van der Waals surface area (Å²) < 4.78 is 11.1. The molecule has 1 aliphatic heterocycles. The predicted molar refractivity (Wildman–Crippen MR) is 74.7 cm³/mol. The molecule has 0 saturated carbocycles. The van der Waals surface area contributed by atoms with E-state index in [0.717, 1.165) is 26.1 Å². The SMILES string of the molecule is COCC(C)N(C)C1(CN)CCOC(C(C)C)C1. The highest BCUT2D eigenvalue weighted by molar-refractivity contribution is 4.97. The van der Waals surface area contributed by atoms with E-state index in [1.54, 1.807) is 7.11 Å². The number of nitrogens with zero attached hydrogens (tertiary/aromatic N) is 1. The van der Waals surface area contributed by atoms with Crippen LogP contribution in [0.3, 0.4) is 0 Å². The molecule has 3 unspecified atom stereocenters. The van der Waals surface area contributed by atoms with Crippen molar-refractivity contribution in [2.24, 2.45) is 11.7 Å². The van der Waals surface area contributed by atoms with Crippen molar-refractivity contribution in [2.45, 2.75) is 51.3 Å². The van der Waals surface area contributed by atoms with E-state index in [1.807, 2.05) is 0 Å². The van der Waals surface area contributed by atoms with E-state index in [4.69, 9.17) is 15.2 Å². The Morgan fingerprint density at radius 3 is 2.61 bits per heavy atom. The molecule has 0 amide bonds. The molecule has 0 spiro atoms. The number of hydrogen-bond acceptors (Lipinski definition) is 4. The zero-order valence-corrected chi connectivity index (χ0v) is 12.6. The molecule has 1 rings (SSSR count). The second kappa shape index (κ2) is 6.85. The molecular formula is C14H30N2O2. The quantitative estimate of drug-likeness (QED) is 0.784. The molecule has 0 bridgehead atoms. The molecule has 0 radical (unpaired) electrons. The molecule has 1 aliphatic rings. The lowest BCUT2D eigenvalue weighted by Crippen LogP contribution is -2.60. The molecule has 1 saturated heterocycles. The van der Waals surface area contributed by atoms with Gasteiger partial charge in [0.1, 0.15) is 0 Å². The molecule has 0 aliphatic carbocycles. The van der Waals surface area contributed by atoms with Crippen LogP contribution in [0.4, 0.5) is 0 Å². The molecule has 108 valence electrons. The van der Waals surface area contributed by atoms with Gasteiger partial charge in [-0.3, -0.25) is 4.90 Å². The molecule has 1 fully saturated rings. The monoisotopic (exact) mass is 258 g/mol. The molecular weight excluding hydrogens is 228 g/mol. The number of rotatable bonds is 6. The first-order chi connectivity index (χ1) is 8.46. The fourth-order valence-corrected chi connectivity index (χ4v) is 2.83. The zero-order valence-electron chi connectivity index (χ0n) is 12.6.